The molecule has 2 rings (SSSR count). The quantitative estimate of drug-likeness (QED) is 0.894. The summed E-state index contributed by atoms with van der Waals surface area (Å²) in [6.07, 6.45) is 3.92. The van der Waals surface area contributed by atoms with Crippen molar-refractivity contribution in [3.63, 3.8) is 0 Å². The highest BCUT2D eigenvalue weighted by atomic mass is 16.5. The van der Waals surface area contributed by atoms with Crippen LogP contribution in [0.3, 0.4) is 0 Å². The molecule has 5 nitrogen and oxygen atoms in total. The van der Waals surface area contributed by atoms with Crippen LogP contribution in [0.5, 0.6) is 5.75 Å². The van der Waals surface area contributed by atoms with E-state index in [2.05, 4.69) is 15.0 Å². The van der Waals surface area contributed by atoms with Crippen molar-refractivity contribution in [2.24, 2.45) is 0 Å². The molecule has 0 saturated heterocycles. The van der Waals surface area contributed by atoms with Crippen molar-refractivity contribution in [3.8, 4) is 17.3 Å². The number of H-pyrrole nitrogens is 1. The van der Waals surface area contributed by atoms with Crippen LogP contribution in [-0.4, -0.2) is 21.1 Å². The molecule has 0 fully saturated rings. The molecule has 1 atom stereocenters. The molecular weight excluding hydrogens is 230 g/mol. The zero-order valence-corrected chi connectivity index (χ0v) is 10.4. The molecule has 2 aromatic rings. The lowest BCUT2D eigenvalue weighted by molar-refractivity contribution is 0.213. The van der Waals surface area contributed by atoms with Crippen LogP contribution in [0.4, 0.5) is 0 Å². The number of rotatable bonds is 4. The van der Waals surface area contributed by atoms with Crippen LogP contribution in [0.15, 0.2) is 35.4 Å². The molecule has 5 heteroatoms. The van der Waals surface area contributed by atoms with Crippen LogP contribution in [0, 0.1) is 0 Å². The molecular formula is C13H15N3O2. The Morgan fingerprint density at radius 2 is 2.22 bits per heavy atom. The first-order chi connectivity index (χ1) is 8.70. The third-order valence-electron chi connectivity index (χ3n) is 2.58. The molecule has 0 spiro atoms. The van der Waals surface area contributed by atoms with E-state index in [4.69, 9.17) is 4.74 Å². The van der Waals surface area contributed by atoms with Crippen LogP contribution in [0.2, 0.25) is 0 Å². The monoisotopic (exact) mass is 245 g/mol. The lowest BCUT2D eigenvalue weighted by Gasteiger charge is -2.11. The van der Waals surface area contributed by atoms with E-state index < -0.39 is 0 Å². The van der Waals surface area contributed by atoms with Crippen LogP contribution in [-0.2, 0) is 0 Å². The van der Waals surface area contributed by atoms with Crippen LogP contribution >= 0.6 is 0 Å². The topological polar surface area (TPSA) is 67.9 Å². The molecule has 0 aliphatic heterocycles. The van der Waals surface area contributed by atoms with Gasteiger partial charge in [-0.05, 0) is 25.5 Å². The molecule has 0 saturated carbocycles. The van der Waals surface area contributed by atoms with Crippen molar-refractivity contribution < 1.29 is 4.74 Å². The highest BCUT2D eigenvalue weighted by molar-refractivity contribution is 5.48. The Balaban J connectivity index is 2.28. The Morgan fingerprint density at radius 3 is 2.83 bits per heavy atom. The lowest BCUT2D eigenvalue weighted by Crippen LogP contribution is -2.18. The SMILES string of the molecule is CCC(C)Oc1cnc(-c2ccccn2)[nH]c1=O. The van der Waals surface area contributed by atoms with Gasteiger partial charge in [-0.1, -0.05) is 13.0 Å². The predicted octanol–water partition coefficient (Wildman–Crippen LogP) is 2.01. The predicted molar refractivity (Wildman–Crippen MR) is 68.5 cm³/mol. The van der Waals surface area contributed by atoms with E-state index in [0.717, 1.165) is 6.42 Å². The summed E-state index contributed by atoms with van der Waals surface area (Å²) in [6.45, 7) is 3.90. The highest BCUT2D eigenvalue weighted by Gasteiger charge is 2.08. The third-order valence-corrected chi connectivity index (χ3v) is 2.58. The number of hydrogen-bond acceptors (Lipinski definition) is 4. The molecule has 0 radical (unpaired) electrons. The van der Waals surface area contributed by atoms with Gasteiger partial charge < -0.3 is 9.72 Å². The van der Waals surface area contributed by atoms with E-state index >= 15 is 0 Å². The number of nitrogens with zero attached hydrogens (tertiary/aromatic N) is 2. The minimum absolute atomic E-state index is 0.00593. The van der Waals surface area contributed by atoms with Crippen molar-refractivity contribution in [2.75, 3.05) is 0 Å². The van der Waals surface area contributed by atoms with Crippen LogP contribution in [0.1, 0.15) is 20.3 Å². The number of nitrogens with one attached hydrogen (secondary N) is 1. The molecule has 0 aliphatic carbocycles. The highest BCUT2D eigenvalue weighted by Crippen LogP contribution is 2.11. The maximum absolute atomic E-state index is 11.8. The van der Waals surface area contributed by atoms with Gasteiger partial charge in [-0.25, -0.2) is 4.98 Å². The Bertz CT molecular complexity index is 566. The third kappa shape index (κ3) is 2.74. The van der Waals surface area contributed by atoms with Crippen molar-refractivity contribution in [3.05, 3.63) is 40.9 Å². The number of hydrogen-bond donors (Lipinski definition) is 1. The molecule has 1 unspecified atom stereocenters. The first-order valence-corrected chi connectivity index (χ1v) is 5.88. The summed E-state index contributed by atoms with van der Waals surface area (Å²) in [7, 11) is 0. The fourth-order valence-electron chi connectivity index (χ4n) is 1.40. The average Bonchev–Trinajstić information content (AvgIpc) is 2.42. The summed E-state index contributed by atoms with van der Waals surface area (Å²) in [5, 5.41) is 0. The molecule has 2 aromatic heterocycles. The maximum Gasteiger partial charge on any atom is 0.293 e. The Kier molecular flexibility index (Phi) is 3.72. The summed E-state index contributed by atoms with van der Waals surface area (Å²) in [5.74, 6) is 0.682. The number of ether oxygens (including phenoxy) is 1. The molecule has 0 aromatic carbocycles. The van der Waals surface area contributed by atoms with E-state index in [1.165, 1.54) is 6.20 Å². The van der Waals surface area contributed by atoms with E-state index in [9.17, 15) is 4.79 Å². The number of aromatic amines is 1. The van der Waals surface area contributed by atoms with Crippen LogP contribution < -0.4 is 10.3 Å². The van der Waals surface area contributed by atoms with Gasteiger partial charge in [0.05, 0.1) is 12.3 Å². The van der Waals surface area contributed by atoms with Gasteiger partial charge in [0.25, 0.3) is 5.56 Å². The minimum atomic E-state index is -0.286. The molecule has 94 valence electrons. The summed E-state index contributed by atoms with van der Waals surface area (Å²) in [5.41, 5.74) is 0.343. The fraction of sp³-hybridized carbons (Fsp3) is 0.308. The van der Waals surface area contributed by atoms with Crippen molar-refractivity contribution in [2.45, 2.75) is 26.4 Å². The normalized spacial score (nSPS) is 12.1. The van der Waals surface area contributed by atoms with E-state index in [1.807, 2.05) is 26.0 Å². The van der Waals surface area contributed by atoms with Crippen LogP contribution in [0.25, 0.3) is 11.5 Å². The zero-order chi connectivity index (χ0) is 13.0. The number of aromatic nitrogens is 3. The first-order valence-electron chi connectivity index (χ1n) is 5.88. The fourth-order valence-corrected chi connectivity index (χ4v) is 1.40. The first kappa shape index (κ1) is 12.3. The van der Waals surface area contributed by atoms with Crippen molar-refractivity contribution >= 4 is 0 Å². The van der Waals surface area contributed by atoms with Gasteiger partial charge in [0.2, 0.25) is 5.75 Å². The van der Waals surface area contributed by atoms with E-state index in [0.29, 0.717) is 11.5 Å². The van der Waals surface area contributed by atoms with E-state index in [1.54, 1.807) is 12.3 Å². The second kappa shape index (κ2) is 5.44. The average molecular weight is 245 g/mol. The second-order valence-corrected chi connectivity index (χ2v) is 3.98. The van der Waals surface area contributed by atoms with Gasteiger partial charge in [0.15, 0.2) is 5.82 Å². The maximum atomic E-state index is 11.8. The van der Waals surface area contributed by atoms with Gasteiger partial charge >= 0.3 is 0 Å². The Morgan fingerprint density at radius 1 is 1.39 bits per heavy atom. The molecule has 0 bridgehead atoms. The lowest BCUT2D eigenvalue weighted by atomic mass is 10.3. The minimum Gasteiger partial charge on any atom is -0.484 e. The molecule has 0 aliphatic rings. The summed E-state index contributed by atoms with van der Waals surface area (Å²) < 4.78 is 5.46. The number of pyridine rings is 1. The van der Waals surface area contributed by atoms with Gasteiger partial charge in [-0.3, -0.25) is 9.78 Å². The van der Waals surface area contributed by atoms with Gasteiger partial charge in [0.1, 0.15) is 5.69 Å². The summed E-state index contributed by atoms with van der Waals surface area (Å²) in [4.78, 5) is 22.8. The largest absolute Gasteiger partial charge is 0.484 e. The molecule has 2 heterocycles. The standard InChI is InChI=1S/C13H15N3O2/c1-3-9(2)18-11-8-15-12(16-13(11)17)10-6-4-5-7-14-10/h4-9H,3H2,1-2H3,(H,15,16,17). The Hall–Kier alpha value is -2.17. The second-order valence-electron chi connectivity index (χ2n) is 3.98. The molecule has 1 N–H and O–H groups in total. The van der Waals surface area contributed by atoms with Crippen molar-refractivity contribution in [1.82, 2.24) is 15.0 Å². The Labute approximate surface area is 105 Å². The van der Waals surface area contributed by atoms with Crippen molar-refractivity contribution in [1.29, 1.82) is 0 Å². The molecule has 0 amide bonds. The summed E-state index contributed by atoms with van der Waals surface area (Å²) in [6, 6.07) is 5.43. The zero-order valence-electron chi connectivity index (χ0n) is 10.4. The van der Waals surface area contributed by atoms with Gasteiger partial charge in [0, 0.05) is 6.20 Å². The summed E-state index contributed by atoms with van der Waals surface area (Å²) >= 11 is 0. The smallest absolute Gasteiger partial charge is 0.293 e. The van der Waals surface area contributed by atoms with Gasteiger partial charge in [-0.2, -0.15) is 0 Å². The van der Waals surface area contributed by atoms with E-state index in [-0.39, 0.29) is 17.4 Å². The molecule has 18 heavy (non-hydrogen) atoms. The van der Waals surface area contributed by atoms with Gasteiger partial charge in [-0.15, -0.1) is 0 Å².